The molecule has 0 saturated heterocycles. The van der Waals surface area contributed by atoms with E-state index in [1.807, 2.05) is 30.3 Å². The van der Waals surface area contributed by atoms with Crippen molar-refractivity contribution in [1.82, 2.24) is 5.32 Å². The lowest BCUT2D eigenvalue weighted by Crippen LogP contribution is -2.41. The van der Waals surface area contributed by atoms with Gasteiger partial charge in [0.25, 0.3) is 5.91 Å². The molecule has 0 unspecified atom stereocenters. The van der Waals surface area contributed by atoms with Crippen molar-refractivity contribution in [2.75, 3.05) is 43.3 Å². The number of halogens is 3. The average molecular weight is 664 g/mol. The maximum Gasteiger partial charge on any atom is 0.305 e. The molecule has 0 aromatic heterocycles. The number of rotatable bonds is 11. The zero-order valence-electron chi connectivity index (χ0n) is 24.0. The van der Waals surface area contributed by atoms with Gasteiger partial charge in [-0.1, -0.05) is 65.1 Å². The molecular formula is C30H29Cl3N4O7. The highest BCUT2D eigenvalue weighted by atomic mass is 35.5. The molecule has 44 heavy (non-hydrogen) atoms. The number of anilines is 3. The van der Waals surface area contributed by atoms with Crippen LogP contribution in [0.5, 0.6) is 11.5 Å². The maximum absolute atomic E-state index is 13.2. The van der Waals surface area contributed by atoms with E-state index in [4.69, 9.17) is 44.3 Å². The summed E-state index contributed by atoms with van der Waals surface area (Å²) >= 11 is 19.2. The molecule has 14 heteroatoms. The van der Waals surface area contributed by atoms with Gasteiger partial charge in [0.05, 0.1) is 46.4 Å². The van der Waals surface area contributed by atoms with Crippen LogP contribution >= 0.6 is 34.8 Å². The van der Waals surface area contributed by atoms with Gasteiger partial charge < -0.3 is 35.1 Å². The third kappa shape index (κ3) is 7.92. The van der Waals surface area contributed by atoms with Crippen LogP contribution in [0.15, 0.2) is 48.5 Å². The van der Waals surface area contributed by atoms with Crippen molar-refractivity contribution in [2.24, 2.45) is 0 Å². The Morgan fingerprint density at radius 1 is 0.977 bits per heavy atom. The number of ether oxygens (including phenoxy) is 3. The second-order valence-corrected chi connectivity index (χ2v) is 11.0. The molecule has 1 aliphatic heterocycles. The third-order valence-electron chi connectivity index (χ3n) is 6.52. The lowest BCUT2D eigenvalue weighted by molar-refractivity contribution is -0.140. The predicted molar refractivity (Wildman–Crippen MR) is 168 cm³/mol. The predicted octanol–water partition coefficient (Wildman–Crippen LogP) is 5.66. The second kappa shape index (κ2) is 14.6. The van der Waals surface area contributed by atoms with Crippen LogP contribution in [-0.4, -0.2) is 57.5 Å². The van der Waals surface area contributed by atoms with Gasteiger partial charge in [-0.25, -0.2) is 0 Å². The summed E-state index contributed by atoms with van der Waals surface area (Å²) in [6.07, 6.45) is -0.0793. The Hall–Kier alpha value is -4.03. The van der Waals surface area contributed by atoms with Crippen LogP contribution in [-0.2, 0) is 30.5 Å². The quantitative estimate of drug-likeness (QED) is 0.177. The summed E-state index contributed by atoms with van der Waals surface area (Å²) in [7, 11) is 4.74. The zero-order valence-corrected chi connectivity index (χ0v) is 26.2. The Morgan fingerprint density at radius 3 is 2.39 bits per heavy atom. The molecule has 1 heterocycles. The van der Waals surface area contributed by atoms with Crippen molar-refractivity contribution < 1.29 is 33.4 Å². The first-order valence-corrected chi connectivity index (χ1v) is 14.4. The van der Waals surface area contributed by atoms with Crippen LogP contribution in [0.2, 0.25) is 15.1 Å². The third-order valence-corrected chi connectivity index (χ3v) is 7.85. The number of benzene rings is 3. The minimum Gasteiger partial charge on any atom is -0.469 e. The number of fused-ring (bicyclic) bond motifs is 1. The highest BCUT2D eigenvalue weighted by Crippen LogP contribution is 2.46. The Balaban J connectivity index is 1.67. The molecule has 3 aromatic carbocycles. The molecule has 0 aliphatic carbocycles. The average Bonchev–Trinajstić information content (AvgIpc) is 3.11. The number of carbonyl (C=O) groups is 4. The van der Waals surface area contributed by atoms with Gasteiger partial charge in [-0.3, -0.25) is 19.2 Å². The van der Waals surface area contributed by atoms with Gasteiger partial charge in [-0.2, -0.15) is 0 Å². The van der Waals surface area contributed by atoms with E-state index in [1.165, 1.54) is 19.2 Å². The largest absolute Gasteiger partial charge is 0.469 e. The van der Waals surface area contributed by atoms with E-state index in [0.29, 0.717) is 5.69 Å². The smallest absolute Gasteiger partial charge is 0.305 e. The number of amides is 3. The lowest BCUT2D eigenvalue weighted by atomic mass is 10.1. The molecule has 0 fully saturated rings. The first-order chi connectivity index (χ1) is 21.0. The number of methoxy groups -OCH3 is 1. The van der Waals surface area contributed by atoms with E-state index in [0.717, 1.165) is 5.56 Å². The molecule has 1 aliphatic rings. The lowest BCUT2D eigenvalue weighted by Gasteiger charge is -2.20. The van der Waals surface area contributed by atoms with E-state index in [1.54, 1.807) is 25.1 Å². The summed E-state index contributed by atoms with van der Waals surface area (Å²) < 4.78 is 16.3. The molecule has 3 N–H and O–H groups in total. The summed E-state index contributed by atoms with van der Waals surface area (Å²) in [5, 5.41) is 8.27. The normalized spacial score (nSPS) is 14.1. The van der Waals surface area contributed by atoms with E-state index in [2.05, 4.69) is 20.7 Å². The number of hydrogen-bond acceptors (Lipinski definition) is 8. The summed E-state index contributed by atoms with van der Waals surface area (Å²) in [5.41, 5.74) is 1.64. The van der Waals surface area contributed by atoms with E-state index < -0.39 is 29.7 Å². The molecule has 4 rings (SSSR count). The first kappa shape index (κ1) is 32.9. The fourth-order valence-corrected chi connectivity index (χ4v) is 4.99. The van der Waals surface area contributed by atoms with E-state index >= 15 is 0 Å². The molecular weight excluding hydrogens is 635 g/mol. The highest BCUT2D eigenvalue weighted by Gasteiger charge is 2.30. The van der Waals surface area contributed by atoms with Crippen molar-refractivity contribution in [1.29, 1.82) is 0 Å². The minimum atomic E-state index is -1.02. The summed E-state index contributed by atoms with van der Waals surface area (Å²) in [6, 6.07) is 12.6. The second-order valence-electron chi connectivity index (χ2n) is 9.88. The molecule has 0 spiro atoms. The Labute approximate surface area is 268 Å². The van der Waals surface area contributed by atoms with Crippen LogP contribution < -0.4 is 25.6 Å². The van der Waals surface area contributed by atoms with Crippen LogP contribution in [0.3, 0.4) is 0 Å². The van der Waals surface area contributed by atoms with Crippen molar-refractivity contribution in [3.8, 4) is 11.5 Å². The van der Waals surface area contributed by atoms with Crippen molar-refractivity contribution >= 4 is 75.6 Å². The monoisotopic (exact) mass is 662 g/mol. The van der Waals surface area contributed by atoms with Crippen LogP contribution in [0.25, 0.3) is 0 Å². The van der Waals surface area contributed by atoms with Crippen LogP contribution in [0, 0.1) is 0 Å². The standard InChI is InChI=1S/C30H29Cl3N4O7/c1-37(2)21-13-23(27(32)28(33)26(21)31)44-22-11-17-19(36-30(41)18(35-29(17)40)9-10-25(39)42-3)12-20(22)34-24(38)15-43-14-16-7-5-4-6-8-16/h4-8,11-13,18H,9-10,14-15H2,1-3H3,(H,34,38)(H,35,40)(H,36,41)/t18-/m1/s1. The van der Waals surface area contributed by atoms with Gasteiger partial charge in [0.15, 0.2) is 5.75 Å². The van der Waals surface area contributed by atoms with Crippen molar-refractivity contribution in [3.05, 3.63) is 74.7 Å². The fourth-order valence-electron chi connectivity index (χ4n) is 4.25. The summed E-state index contributed by atoms with van der Waals surface area (Å²) in [5.74, 6) is -2.12. The Kier molecular flexibility index (Phi) is 10.9. The Morgan fingerprint density at radius 2 is 1.70 bits per heavy atom. The number of esters is 1. The van der Waals surface area contributed by atoms with Crippen molar-refractivity contribution in [2.45, 2.75) is 25.5 Å². The fraction of sp³-hybridized carbons (Fsp3) is 0.267. The summed E-state index contributed by atoms with van der Waals surface area (Å²) in [6.45, 7) is -0.0939. The van der Waals surface area contributed by atoms with E-state index in [-0.39, 0.29) is 69.6 Å². The highest BCUT2D eigenvalue weighted by molar-refractivity contribution is 6.49. The Bertz CT molecular complexity index is 1580. The molecule has 3 aromatic rings. The topological polar surface area (TPSA) is 135 Å². The minimum absolute atomic E-state index is 0.00121. The van der Waals surface area contributed by atoms with Gasteiger partial charge >= 0.3 is 5.97 Å². The van der Waals surface area contributed by atoms with Crippen LogP contribution in [0.1, 0.15) is 28.8 Å². The van der Waals surface area contributed by atoms with Gasteiger partial charge in [0.1, 0.15) is 23.4 Å². The molecule has 1 atom stereocenters. The number of carbonyl (C=O) groups excluding carboxylic acids is 4. The maximum atomic E-state index is 13.2. The molecule has 0 radical (unpaired) electrons. The number of nitrogens with zero attached hydrogens (tertiary/aromatic N) is 1. The summed E-state index contributed by atoms with van der Waals surface area (Å²) in [4.78, 5) is 52.5. The molecule has 3 amide bonds. The zero-order chi connectivity index (χ0) is 32.0. The van der Waals surface area contributed by atoms with Gasteiger partial charge in [-0.15, -0.1) is 0 Å². The molecule has 0 saturated carbocycles. The molecule has 11 nitrogen and oxygen atoms in total. The SMILES string of the molecule is COC(=O)CC[C@H]1NC(=O)c2cc(Oc3cc(N(C)C)c(Cl)c(Cl)c3Cl)c(NC(=O)COCc3ccccc3)cc2NC1=O. The van der Waals surface area contributed by atoms with Crippen molar-refractivity contribution in [3.63, 3.8) is 0 Å². The number of nitrogens with one attached hydrogen (secondary N) is 3. The molecule has 0 bridgehead atoms. The number of hydrogen-bond donors (Lipinski definition) is 3. The first-order valence-electron chi connectivity index (χ1n) is 13.3. The van der Waals surface area contributed by atoms with Crippen LogP contribution in [0.4, 0.5) is 17.1 Å². The van der Waals surface area contributed by atoms with Gasteiger partial charge in [-0.05, 0) is 24.1 Å². The van der Waals surface area contributed by atoms with Gasteiger partial charge in [0.2, 0.25) is 11.8 Å². The molecule has 232 valence electrons. The van der Waals surface area contributed by atoms with Gasteiger partial charge in [0, 0.05) is 26.6 Å². The van der Waals surface area contributed by atoms with E-state index in [9.17, 15) is 19.2 Å².